The minimum atomic E-state index is -0.244. The minimum Gasteiger partial charge on any atom is -0.297 e. The van der Waals surface area contributed by atoms with Crippen molar-refractivity contribution in [1.82, 2.24) is 14.4 Å². The number of fused-ring (bicyclic) bond motifs is 1. The summed E-state index contributed by atoms with van der Waals surface area (Å²) in [4.78, 5) is 22.7. The molecule has 0 spiro atoms. The molecule has 0 radical (unpaired) electrons. The Morgan fingerprint density at radius 1 is 1.60 bits per heavy atom. The number of rotatable bonds is 2. The second-order valence-corrected chi connectivity index (χ2v) is 4.36. The number of hydrogen-bond acceptors (Lipinski definition) is 4. The van der Waals surface area contributed by atoms with Gasteiger partial charge < -0.3 is 0 Å². The molecule has 0 unspecified atom stereocenters. The molecule has 80 valence electrons. The summed E-state index contributed by atoms with van der Waals surface area (Å²) in [6, 6.07) is 0. The Balaban J connectivity index is 2.36. The highest BCUT2D eigenvalue weighted by molar-refractivity contribution is 7.17. The largest absolute Gasteiger partial charge is 0.297 e. The summed E-state index contributed by atoms with van der Waals surface area (Å²) < 4.78 is 1.84. The van der Waals surface area contributed by atoms with Crippen molar-refractivity contribution in [3.05, 3.63) is 23.0 Å². The fourth-order valence-corrected chi connectivity index (χ4v) is 2.07. The molecule has 15 heavy (non-hydrogen) atoms. The van der Waals surface area contributed by atoms with Gasteiger partial charge in [0.05, 0.1) is 7.11 Å². The van der Waals surface area contributed by atoms with Crippen LogP contribution in [0.3, 0.4) is 0 Å². The van der Waals surface area contributed by atoms with Crippen molar-refractivity contribution in [2.45, 2.75) is 6.92 Å². The van der Waals surface area contributed by atoms with E-state index in [2.05, 4.69) is 4.98 Å². The Morgan fingerprint density at radius 3 is 2.93 bits per heavy atom. The Kier molecular flexibility index (Phi) is 2.45. The maximum atomic E-state index is 11.7. The molecule has 0 bridgehead atoms. The van der Waals surface area contributed by atoms with Gasteiger partial charge in [0.15, 0.2) is 4.96 Å². The number of hydrogen-bond donors (Lipinski definition) is 0. The van der Waals surface area contributed by atoms with E-state index in [0.717, 1.165) is 14.9 Å². The van der Waals surface area contributed by atoms with Crippen LogP contribution < -0.4 is 0 Å². The number of nitrogens with zero attached hydrogens (tertiary/aromatic N) is 3. The number of carbonyl (C=O) groups is 1. The number of thiazole rings is 1. The van der Waals surface area contributed by atoms with Gasteiger partial charge in [0.25, 0.3) is 5.91 Å². The van der Waals surface area contributed by atoms with E-state index in [9.17, 15) is 4.79 Å². The quantitative estimate of drug-likeness (QED) is 0.724. The highest BCUT2D eigenvalue weighted by Gasteiger charge is 2.16. The molecule has 0 aliphatic rings. The lowest BCUT2D eigenvalue weighted by molar-refractivity contribution is -0.0760. The second-order valence-electron chi connectivity index (χ2n) is 3.14. The Labute approximate surface area is 90.9 Å². The van der Waals surface area contributed by atoms with Crippen molar-refractivity contribution >= 4 is 22.2 Å². The summed E-state index contributed by atoms with van der Waals surface area (Å²) in [6.45, 7) is 2.00. The number of imidazole rings is 1. The van der Waals surface area contributed by atoms with E-state index in [0.29, 0.717) is 5.69 Å². The molecule has 6 heteroatoms. The van der Waals surface area contributed by atoms with E-state index in [1.165, 1.54) is 7.11 Å². The molecule has 0 saturated heterocycles. The molecule has 2 heterocycles. The number of aromatic nitrogens is 2. The van der Waals surface area contributed by atoms with E-state index in [-0.39, 0.29) is 5.91 Å². The summed E-state index contributed by atoms with van der Waals surface area (Å²) in [5, 5.41) is 1.15. The van der Waals surface area contributed by atoms with E-state index >= 15 is 0 Å². The predicted octanol–water partition coefficient (Wildman–Crippen LogP) is 1.34. The molecule has 0 aromatic carbocycles. The SMILES string of the molecule is CON(C)C(=O)c1cn2cc(C)sc2n1. The van der Waals surface area contributed by atoms with Crippen molar-refractivity contribution in [3.63, 3.8) is 0 Å². The van der Waals surface area contributed by atoms with Crippen LogP contribution >= 0.6 is 11.3 Å². The molecule has 0 N–H and O–H groups in total. The number of amides is 1. The van der Waals surface area contributed by atoms with Gasteiger partial charge in [0.2, 0.25) is 0 Å². The molecule has 2 aromatic heterocycles. The standard InChI is InChI=1S/C9H11N3O2S/c1-6-4-12-5-7(10-9(12)15-6)8(13)11(2)14-3/h4-5H,1-3H3. The first-order valence-corrected chi connectivity index (χ1v) is 5.21. The summed E-state index contributed by atoms with van der Waals surface area (Å²) in [6.07, 6.45) is 3.65. The van der Waals surface area contributed by atoms with E-state index < -0.39 is 0 Å². The molecular formula is C9H11N3O2S. The fourth-order valence-electron chi connectivity index (χ4n) is 1.26. The van der Waals surface area contributed by atoms with E-state index in [1.54, 1.807) is 24.6 Å². The molecule has 0 aliphatic heterocycles. The summed E-state index contributed by atoms with van der Waals surface area (Å²) in [7, 11) is 3.00. The Morgan fingerprint density at radius 2 is 2.33 bits per heavy atom. The van der Waals surface area contributed by atoms with Crippen LogP contribution in [0.2, 0.25) is 0 Å². The van der Waals surface area contributed by atoms with Crippen molar-refractivity contribution in [3.8, 4) is 0 Å². The Bertz CT molecular complexity index is 471. The molecule has 0 fully saturated rings. The first-order chi connectivity index (χ1) is 7.11. The molecule has 2 rings (SSSR count). The van der Waals surface area contributed by atoms with Gasteiger partial charge in [-0.15, -0.1) is 11.3 Å². The lowest BCUT2D eigenvalue weighted by Crippen LogP contribution is -2.25. The highest BCUT2D eigenvalue weighted by atomic mass is 32.1. The van der Waals surface area contributed by atoms with Crippen molar-refractivity contribution in [2.24, 2.45) is 0 Å². The number of aryl methyl sites for hydroxylation is 1. The molecule has 0 saturated carbocycles. The van der Waals surface area contributed by atoms with Crippen LogP contribution in [0.5, 0.6) is 0 Å². The summed E-state index contributed by atoms with van der Waals surface area (Å²) in [5.41, 5.74) is 0.394. The average Bonchev–Trinajstić information content (AvgIpc) is 2.72. The van der Waals surface area contributed by atoms with Gasteiger partial charge in [-0.2, -0.15) is 0 Å². The van der Waals surface area contributed by atoms with Crippen molar-refractivity contribution in [1.29, 1.82) is 0 Å². The molecule has 0 aliphatic carbocycles. The Hall–Kier alpha value is -1.40. The van der Waals surface area contributed by atoms with Gasteiger partial charge in [-0.25, -0.2) is 10.0 Å². The van der Waals surface area contributed by atoms with Crippen LogP contribution in [0.25, 0.3) is 4.96 Å². The fraction of sp³-hybridized carbons (Fsp3) is 0.333. The molecule has 2 aromatic rings. The van der Waals surface area contributed by atoms with Gasteiger partial charge in [-0.05, 0) is 6.92 Å². The van der Waals surface area contributed by atoms with E-state index in [4.69, 9.17) is 4.84 Å². The highest BCUT2D eigenvalue weighted by Crippen LogP contribution is 2.17. The first kappa shape index (κ1) is 10.1. The van der Waals surface area contributed by atoms with E-state index in [1.807, 2.05) is 17.5 Å². The zero-order valence-electron chi connectivity index (χ0n) is 8.72. The lowest BCUT2D eigenvalue weighted by atomic mass is 10.4. The third-order valence-electron chi connectivity index (χ3n) is 2.05. The topological polar surface area (TPSA) is 46.8 Å². The van der Waals surface area contributed by atoms with Crippen LogP contribution in [0, 0.1) is 6.92 Å². The van der Waals surface area contributed by atoms with Crippen LogP contribution in [-0.2, 0) is 4.84 Å². The maximum absolute atomic E-state index is 11.7. The van der Waals surface area contributed by atoms with Gasteiger partial charge >= 0.3 is 0 Å². The second kappa shape index (κ2) is 3.63. The van der Waals surface area contributed by atoms with Crippen LogP contribution in [-0.4, -0.2) is 34.5 Å². The van der Waals surface area contributed by atoms with Crippen molar-refractivity contribution in [2.75, 3.05) is 14.2 Å². The van der Waals surface area contributed by atoms with Crippen LogP contribution in [0.4, 0.5) is 0 Å². The van der Waals surface area contributed by atoms with Gasteiger partial charge in [0.1, 0.15) is 5.69 Å². The van der Waals surface area contributed by atoms with Crippen molar-refractivity contribution < 1.29 is 9.63 Å². The number of carbonyl (C=O) groups excluding carboxylic acids is 1. The van der Waals surface area contributed by atoms with Crippen LogP contribution in [0.15, 0.2) is 12.4 Å². The lowest BCUT2D eigenvalue weighted by Gasteiger charge is -2.10. The molecule has 1 amide bonds. The maximum Gasteiger partial charge on any atom is 0.297 e. The third kappa shape index (κ3) is 1.73. The van der Waals surface area contributed by atoms with Gasteiger partial charge in [-0.3, -0.25) is 14.0 Å². The number of hydroxylamine groups is 2. The molecule has 0 atom stereocenters. The summed E-state index contributed by atoms with van der Waals surface area (Å²) in [5.74, 6) is -0.244. The zero-order chi connectivity index (χ0) is 11.0. The van der Waals surface area contributed by atoms with Crippen LogP contribution in [0.1, 0.15) is 15.4 Å². The smallest absolute Gasteiger partial charge is 0.297 e. The summed E-state index contributed by atoms with van der Waals surface area (Å²) >= 11 is 1.55. The molecular weight excluding hydrogens is 214 g/mol. The van der Waals surface area contributed by atoms with Gasteiger partial charge in [0, 0.05) is 24.3 Å². The predicted molar refractivity (Wildman–Crippen MR) is 56.9 cm³/mol. The minimum absolute atomic E-state index is 0.244. The molecule has 5 nitrogen and oxygen atoms in total. The van der Waals surface area contributed by atoms with Gasteiger partial charge in [-0.1, -0.05) is 0 Å². The average molecular weight is 225 g/mol. The zero-order valence-corrected chi connectivity index (χ0v) is 9.54. The first-order valence-electron chi connectivity index (χ1n) is 4.39. The normalized spacial score (nSPS) is 10.9. The monoisotopic (exact) mass is 225 g/mol. The third-order valence-corrected chi connectivity index (χ3v) is 2.96.